The van der Waals surface area contributed by atoms with Gasteiger partial charge in [-0.3, -0.25) is 14.6 Å². The lowest BCUT2D eigenvalue weighted by Gasteiger charge is -2.36. The lowest BCUT2D eigenvalue weighted by molar-refractivity contribution is -0.130. The van der Waals surface area contributed by atoms with Crippen LogP contribution in [0.3, 0.4) is 0 Å². The number of aromatic nitrogens is 1. The second-order valence-corrected chi connectivity index (χ2v) is 6.75. The van der Waals surface area contributed by atoms with E-state index in [1.54, 1.807) is 11.0 Å². The van der Waals surface area contributed by atoms with Crippen molar-refractivity contribution in [2.45, 2.75) is 6.92 Å². The van der Waals surface area contributed by atoms with E-state index >= 15 is 0 Å². The van der Waals surface area contributed by atoms with Gasteiger partial charge in [-0.2, -0.15) is 0 Å². The Morgan fingerprint density at radius 2 is 1.93 bits per heavy atom. The van der Waals surface area contributed by atoms with Crippen LogP contribution in [0.25, 0.3) is 0 Å². The van der Waals surface area contributed by atoms with Gasteiger partial charge in [-0.1, -0.05) is 23.7 Å². The number of rotatable bonds is 6. The summed E-state index contributed by atoms with van der Waals surface area (Å²) in [4.78, 5) is 32.5. The van der Waals surface area contributed by atoms with Crippen LogP contribution in [0, 0.1) is 0 Å². The summed E-state index contributed by atoms with van der Waals surface area (Å²) in [5.74, 6) is 0.319. The summed E-state index contributed by atoms with van der Waals surface area (Å²) in [7, 11) is 0. The number of hydrogen-bond acceptors (Lipinski definition) is 5. The smallest absolute Gasteiger partial charge is 0.270 e. The number of ether oxygens (including phenoxy) is 1. The van der Waals surface area contributed by atoms with Crippen molar-refractivity contribution in [3.63, 3.8) is 0 Å². The second-order valence-electron chi connectivity index (χ2n) is 6.31. The molecule has 3 rings (SSSR count). The van der Waals surface area contributed by atoms with Crippen molar-refractivity contribution in [3.05, 3.63) is 53.3 Å². The van der Waals surface area contributed by atoms with Crippen LogP contribution in [0.15, 0.2) is 42.6 Å². The van der Waals surface area contributed by atoms with E-state index in [1.165, 1.54) is 12.3 Å². The molecule has 1 aliphatic rings. The van der Waals surface area contributed by atoms with Crippen molar-refractivity contribution in [3.8, 4) is 5.75 Å². The highest BCUT2D eigenvalue weighted by atomic mass is 35.5. The highest BCUT2D eigenvalue weighted by molar-refractivity contribution is 6.30. The van der Waals surface area contributed by atoms with Gasteiger partial charge in [0, 0.05) is 37.4 Å². The number of anilines is 1. The third kappa shape index (κ3) is 4.92. The van der Waals surface area contributed by atoms with Gasteiger partial charge in [-0.15, -0.1) is 0 Å². The number of benzene rings is 1. The predicted octanol–water partition coefficient (Wildman–Crippen LogP) is 2.21. The number of amides is 2. The Labute approximate surface area is 169 Å². The first kappa shape index (κ1) is 19.9. The van der Waals surface area contributed by atoms with Gasteiger partial charge >= 0.3 is 0 Å². The van der Waals surface area contributed by atoms with E-state index < -0.39 is 5.91 Å². The fourth-order valence-corrected chi connectivity index (χ4v) is 3.24. The molecule has 28 heavy (non-hydrogen) atoms. The lowest BCUT2D eigenvalue weighted by Crippen LogP contribution is -2.51. The van der Waals surface area contributed by atoms with Gasteiger partial charge in [0.25, 0.3) is 5.91 Å². The minimum atomic E-state index is -0.417. The molecular weight excluding hydrogens is 380 g/mol. The van der Waals surface area contributed by atoms with Crippen molar-refractivity contribution in [2.24, 2.45) is 0 Å². The zero-order valence-electron chi connectivity index (χ0n) is 15.7. The van der Waals surface area contributed by atoms with Gasteiger partial charge in [0.2, 0.25) is 5.91 Å². The van der Waals surface area contributed by atoms with Gasteiger partial charge in [0.1, 0.15) is 11.4 Å². The molecule has 1 aromatic heterocycles. The van der Waals surface area contributed by atoms with Crippen LogP contribution < -0.4 is 15.0 Å². The number of nitrogens with one attached hydrogen (secondary N) is 1. The molecular formula is C20H23ClN4O3. The Morgan fingerprint density at radius 3 is 2.64 bits per heavy atom. The normalized spacial score (nSPS) is 13.9. The molecule has 0 spiro atoms. The minimum absolute atomic E-state index is 0.0669. The number of para-hydroxylation sites is 2. The van der Waals surface area contributed by atoms with Crippen LogP contribution >= 0.6 is 11.6 Å². The van der Waals surface area contributed by atoms with E-state index in [0.717, 1.165) is 11.4 Å². The Morgan fingerprint density at radius 1 is 1.18 bits per heavy atom. The molecule has 2 amide bonds. The fourth-order valence-electron chi connectivity index (χ4n) is 3.08. The quantitative estimate of drug-likeness (QED) is 0.801. The largest absolute Gasteiger partial charge is 0.492 e. The summed E-state index contributed by atoms with van der Waals surface area (Å²) in [5.41, 5.74) is 1.23. The topological polar surface area (TPSA) is 74.8 Å². The molecule has 0 saturated carbocycles. The number of hydrogen-bond donors (Lipinski definition) is 1. The van der Waals surface area contributed by atoms with Crippen molar-refractivity contribution in [1.29, 1.82) is 0 Å². The first-order valence-electron chi connectivity index (χ1n) is 9.22. The van der Waals surface area contributed by atoms with E-state index in [0.29, 0.717) is 37.8 Å². The molecule has 1 aromatic carbocycles. The van der Waals surface area contributed by atoms with Crippen molar-refractivity contribution >= 4 is 29.1 Å². The first-order chi connectivity index (χ1) is 13.6. The van der Waals surface area contributed by atoms with Crippen LogP contribution in [0.2, 0.25) is 5.02 Å². The number of carbonyl (C=O) groups excluding carboxylic acids is 2. The van der Waals surface area contributed by atoms with Gasteiger partial charge in [0.05, 0.1) is 18.8 Å². The number of pyridine rings is 1. The highest BCUT2D eigenvalue weighted by Crippen LogP contribution is 2.28. The summed E-state index contributed by atoms with van der Waals surface area (Å²) in [6.45, 7) is 5.09. The molecule has 1 N–H and O–H groups in total. The van der Waals surface area contributed by atoms with E-state index in [2.05, 4.69) is 15.2 Å². The van der Waals surface area contributed by atoms with E-state index in [9.17, 15) is 9.59 Å². The molecule has 1 saturated heterocycles. The van der Waals surface area contributed by atoms with Gasteiger partial charge < -0.3 is 19.9 Å². The van der Waals surface area contributed by atoms with Crippen LogP contribution in [-0.4, -0.2) is 61.0 Å². The summed E-state index contributed by atoms with van der Waals surface area (Å²) in [5, 5.41) is 3.03. The predicted molar refractivity (Wildman–Crippen MR) is 108 cm³/mol. The molecule has 0 atom stereocenters. The summed E-state index contributed by atoms with van der Waals surface area (Å²) in [6.07, 6.45) is 1.46. The summed E-state index contributed by atoms with van der Waals surface area (Å²) in [6, 6.07) is 11.0. The Bertz CT molecular complexity index is 838. The third-order valence-corrected chi connectivity index (χ3v) is 4.73. The molecule has 0 radical (unpaired) electrons. The van der Waals surface area contributed by atoms with Crippen LogP contribution in [0.1, 0.15) is 17.4 Å². The number of nitrogens with zero attached hydrogens (tertiary/aromatic N) is 3. The van der Waals surface area contributed by atoms with E-state index in [-0.39, 0.29) is 18.1 Å². The SMILES string of the molecule is CCOc1ccccc1N1CCN(C(=O)CNC(=O)c2cc(Cl)ccn2)CC1. The zero-order chi connectivity index (χ0) is 19.9. The van der Waals surface area contributed by atoms with Gasteiger partial charge in [0.15, 0.2) is 0 Å². The third-order valence-electron chi connectivity index (χ3n) is 4.49. The van der Waals surface area contributed by atoms with Crippen molar-refractivity contribution in [2.75, 3.05) is 44.2 Å². The van der Waals surface area contributed by atoms with Crippen molar-refractivity contribution in [1.82, 2.24) is 15.2 Å². The van der Waals surface area contributed by atoms with Crippen LogP contribution in [0.5, 0.6) is 5.75 Å². The Balaban J connectivity index is 1.51. The van der Waals surface area contributed by atoms with Crippen LogP contribution in [0.4, 0.5) is 5.69 Å². The second kappa shape index (κ2) is 9.41. The maximum absolute atomic E-state index is 12.4. The maximum atomic E-state index is 12.4. The van der Waals surface area contributed by atoms with Gasteiger partial charge in [-0.05, 0) is 31.2 Å². The molecule has 1 fully saturated rings. The average Bonchev–Trinajstić information content (AvgIpc) is 2.72. The average molecular weight is 403 g/mol. The highest BCUT2D eigenvalue weighted by Gasteiger charge is 2.23. The summed E-state index contributed by atoms with van der Waals surface area (Å²) < 4.78 is 5.69. The standard InChI is InChI=1S/C20H23ClN4O3/c1-2-28-18-6-4-3-5-17(18)24-9-11-25(12-10-24)19(26)14-23-20(27)16-13-15(21)7-8-22-16/h3-8,13H,2,9-12,14H2,1H3,(H,23,27). The summed E-state index contributed by atoms with van der Waals surface area (Å²) >= 11 is 5.86. The molecule has 2 heterocycles. The maximum Gasteiger partial charge on any atom is 0.270 e. The first-order valence-corrected chi connectivity index (χ1v) is 9.60. The molecule has 0 unspecified atom stereocenters. The Hall–Kier alpha value is -2.80. The zero-order valence-corrected chi connectivity index (χ0v) is 16.5. The molecule has 2 aromatic rings. The van der Waals surface area contributed by atoms with Crippen molar-refractivity contribution < 1.29 is 14.3 Å². The molecule has 1 aliphatic heterocycles. The molecule has 7 nitrogen and oxygen atoms in total. The number of piperazine rings is 1. The minimum Gasteiger partial charge on any atom is -0.492 e. The van der Waals surface area contributed by atoms with Crippen LogP contribution in [-0.2, 0) is 4.79 Å². The number of carbonyl (C=O) groups is 2. The molecule has 0 bridgehead atoms. The Kier molecular flexibility index (Phi) is 6.71. The monoisotopic (exact) mass is 402 g/mol. The van der Waals surface area contributed by atoms with E-state index in [1.807, 2.05) is 31.2 Å². The molecule has 148 valence electrons. The van der Waals surface area contributed by atoms with Gasteiger partial charge in [-0.25, -0.2) is 0 Å². The molecule has 8 heteroatoms. The fraction of sp³-hybridized carbons (Fsp3) is 0.350. The lowest BCUT2D eigenvalue weighted by atomic mass is 10.2. The number of halogens is 1. The molecule has 0 aliphatic carbocycles. The van der Waals surface area contributed by atoms with E-state index in [4.69, 9.17) is 16.3 Å².